The van der Waals surface area contributed by atoms with Gasteiger partial charge >= 0.3 is 0 Å². The van der Waals surface area contributed by atoms with Crippen molar-refractivity contribution in [3.8, 4) is 11.4 Å². The standard InChI is InChI=1S/C19H17FN6O/c1-12-2-3-14(20)18(23-12)16-10-13(4-6-21-16)24-15-5-7-22-17-11-26(8-9-27)25-19(15)17/h2-7,10-11,27H,8-9H2,1H3,(H,21,24). The predicted octanol–water partition coefficient (Wildman–Crippen LogP) is 3.07. The maximum atomic E-state index is 14.1. The van der Waals surface area contributed by atoms with Gasteiger partial charge in [0.15, 0.2) is 5.82 Å². The van der Waals surface area contributed by atoms with Crippen LogP contribution >= 0.6 is 0 Å². The van der Waals surface area contributed by atoms with E-state index in [1.807, 2.05) is 6.07 Å². The van der Waals surface area contributed by atoms with Crippen LogP contribution in [0, 0.1) is 12.7 Å². The number of hydrogen-bond acceptors (Lipinski definition) is 6. The summed E-state index contributed by atoms with van der Waals surface area (Å²) in [4.78, 5) is 12.8. The minimum absolute atomic E-state index is 0.000475. The molecule has 0 radical (unpaired) electrons. The molecule has 0 aromatic carbocycles. The molecule has 0 bridgehead atoms. The number of hydrogen-bond donors (Lipinski definition) is 2. The van der Waals surface area contributed by atoms with Crippen LogP contribution in [0.25, 0.3) is 22.4 Å². The van der Waals surface area contributed by atoms with Gasteiger partial charge in [0.25, 0.3) is 0 Å². The summed E-state index contributed by atoms with van der Waals surface area (Å²) >= 11 is 0. The van der Waals surface area contributed by atoms with Gasteiger partial charge in [-0.3, -0.25) is 14.6 Å². The highest BCUT2D eigenvalue weighted by Gasteiger charge is 2.11. The molecule has 4 rings (SSSR count). The quantitative estimate of drug-likeness (QED) is 0.566. The van der Waals surface area contributed by atoms with Crippen molar-refractivity contribution in [2.75, 3.05) is 11.9 Å². The number of aliphatic hydroxyl groups is 1. The lowest BCUT2D eigenvalue weighted by Gasteiger charge is -2.09. The molecule has 0 aliphatic carbocycles. The topological polar surface area (TPSA) is 88.8 Å². The van der Waals surface area contributed by atoms with Crippen LogP contribution in [0.2, 0.25) is 0 Å². The molecule has 2 N–H and O–H groups in total. The Hall–Kier alpha value is -3.39. The van der Waals surface area contributed by atoms with Crippen LogP contribution in [0.3, 0.4) is 0 Å². The van der Waals surface area contributed by atoms with Gasteiger partial charge in [-0.15, -0.1) is 0 Å². The Morgan fingerprint density at radius 1 is 1.15 bits per heavy atom. The number of nitrogens with one attached hydrogen (secondary N) is 1. The van der Waals surface area contributed by atoms with Crippen LogP contribution < -0.4 is 5.32 Å². The molecular formula is C19H17FN6O. The van der Waals surface area contributed by atoms with E-state index in [4.69, 9.17) is 5.11 Å². The first-order valence-corrected chi connectivity index (χ1v) is 8.43. The smallest absolute Gasteiger partial charge is 0.151 e. The van der Waals surface area contributed by atoms with E-state index in [1.165, 1.54) is 6.07 Å². The highest BCUT2D eigenvalue weighted by Crippen LogP contribution is 2.26. The zero-order valence-electron chi connectivity index (χ0n) is 14.6. The van der Waals surface area contributed by atoms with Gasteiger partial charge in [0.05, 0.1) is 30.7 Å². The second-order valence-electron chi connectivity index (χ2n) is 6.05. The fraction of sp³-hybridized carbons (Fsp3) is 0.158. The van der Waals surface area contributed by atoms with Crippen molar-refractivity contribution in [2.45, 2.75) is 13.5 Å². The SMILES string of the molecule is Cc1ccc(F)c(-c2cc(Nc3ccnc4cn(CCO)nc34)ccn2)n1. The summed E-state index contributed by atoms with van der Waals surface area (Å²) in [5, 5.41) is 16.8. The molecule has 136 valence electrons. The molecule has 4 heterocycles. The second-order valence-corrected chi connectivity index (χ2v) is 6.05. The summed E-state index contributed by atoms with van der Waals surface area (Å²) in [6.07, 6.45) is 5.06. The molecule has 27 heavy (non-hydrogen) atoms. The lowest BCUT2D eigenvalue weighted by molar-refractivity contribution is 0.270. The fourth-order valence-corrected chi connectivity index (χ4v) is 2.80. The summed E-state index contributed by atoms with van der Waals surface area (Å²) in [5.74, 6) is -0.417. The Bertz CT molecular complexity index is 1110. The van der Waals surface area contributed by atoms with E-state index in [0.717, 1.165) is 17.1 Å². The summed E-state index contributed by atoms with van der Waals surface area (Å²) in [5.41, 5.74) is 4.26. The Morgan fingerprint density at radius 3 is 2.85 bits per heavy atom. The molecule has 0 aliphatic heterocycles. The van der Waals surface area contributed by atoms with E-state index in [2.05, 4.69) is 25.4 Å². The predicted molar refractivity (Wildman–Crippen MR) is 100 cm³/mol. The lowest BCUT2D eigenvalue weighted by Crippen LogP contribution is -2.02. The number of aromatic nitrogens is 5. The van der Waals surface area contributed by atoms with Crippen molar-refractivity contribution in [3.63, 3.8) is 0 Å². The van der Waals surface area contributed by atoms with Crippen molar-refractivity contribution in [1.29, 1.82) is 0 Å². The molecule has 0 fully saturated rings. The first kappa shape index (κ1) is 17.0. The van der Waals surface area contributed by atoms with Gasteiger partial charge in [-0.2, -0.15) is 5.10 Å². The molecule has 0 amide bonds. The van der Waals surface area contributed by atoms with E-state index >= 15 is 0 Å². The molecule has 8 heteroatoms. The normalized spacial score (nSPS) is 11.1. The Kier molecular flexibility index (Phi) is 4.47. The average molecular weight is 364 g/mol. The number of nitrogens with zero attached hydrogens (tertiary/aromatic N) is 5. The van der Waals surface area contributed by atoms with E-state index in [0.29, 0.717) is 23.3 Å². The van der Waals surface area contributed by atoms with E-state index < -0.39 is 5.82 Å². The van der Waals surface area contributed by atoms with Gasteiger partial charge in [0, 0.05) is 23.8 Å². The Labute approximate surface area is 154 Å². The minimum atomic E-state index is -0.417. The summed E-state index contributed by atoms with van der Waals surface area (Å²) in [6, 6.07) is 8.34. The molecule has 0 aliphatic rings. The van der Waals surface area contributed by atoms with Crippen molar-refractivity contribution < 1.29 is 9.50 Å². The third kappa shape index (κ3) is 3.47. The van der Waals surface area contributed by atoms with Crippen molar-refractivity contribution in [2.24, 2.45) is 0 Å². The lowest BCUT2D eigenvalue weighted by atomic mass is 10.2. The van der Waals surface area contributed by atoms with Gasteiger partial charge in [-0.25, -0.2) is 9.37 Å². The first-order valence-electron chi connectivity index (χ1n) is 8.43. The summed E-state index contributed by atoms with van der Waals surface area (Å²) in [6.45, 7) is 2.20. The highest BCUT2D eigenvalue weighted by atomic mass is 19.1. The van der Waals surface area contributed by atoms with Crippen molar-refractivity contribution in [3.05, 3.63) is 60.4 Å². The van der Waals surface area contributed by atoms with Gasteiger partial charge in [-0.05, 0) is 37.3 Å². The fourth-order valence-electron chi connectivity index (χ4n) is 2.80. The van der Waals surface area contributed by atoms with Crippen LogP contribution in [-0.4, -0.2) is 36.4 Å². The van der Waals surface area contributed by atoms with Gasteiger partial charge in [0.1, 0.15) is 16.7 Å². The molecule has 7 nitrogen and oxygen atoms in total. The number of fused-ring (bicyclic) bond motifs is 1. The highest BCUT2D eigenvalue weighted by molar-refractivity contribution is 5.89. The zero-order valence-corrected chi connectivity index (χ0v) is 14.6. The van der Waals surface area contributed by atoms with Crippen LogP contribution in [0.5, 0.6) is 0 Å². The molecule has 0 spiro atoms. The molecule has 0 unspecified atom stereocenters. The van der Waals surface area contributed by atoms with E-state index in [-0.39, 0.29) is 12.3 Å². The van der Waals surface area contributed by atoms with Crippen LogP contribution in [0.4, 0.5) is 15.8 Å². The zero-order chi connectivity index (χ0) is 18.8. The average Bonchev–Trinajstić information content (AvgIpc) is 3.08. The molecule has 0 saturated carbocycles. The van der Waals surface area contributed by atoms with Crippen LogP contribution in [0.1, 0.15) is 5.69 Å². The van der Waals surface area contributed by atoms with Crippen LogP contribution in [-0.2, 0) is 6.54 Å². The largest absolute Gasteiger partial charge is 0.394 e. The number of halogens is 1. The molecule has 0 atom stereocenters. The van der Waals surface area contributed by atoms with Crippen LogP contribution in [0.15, 0.2) is 48.9 Å². The third-order valence-corrected chi connectivity index (χ3v) is 4.05. The maximum absolute atomic E-state index is 14.1. The summed E-state index contributed by atoms with van der Waals surface area (Å²) in [7, 11) is 0. The van der Waals surface area contributed by atoms with Gasteiger partial charge in [0.2, 0.25) is 0 Å². The number of rotatable bonds is 5. The second kappa shape index (κ2) is 7.08. The third-order valence-electron chi connectivity index (χ3n) is 4.05. The minimum Gasteiger partial charge on any atom is -0.394 e. The first-order chi connectivity index (χ1) is 13.1. The molecule has 4 aromatic rings. The number of aliphatic hydroxyl groups excluding tert-OH is 1. The Morgan fingerprint density at radius 2 is 2.00 bits per heavy atom. The van der Waals surface area contributed by atoms with Crippen molar-refractivity contribution >= 4 is 22.4 Å². The monoisotopic (exact) mass is 364 g/mol. The number of pyridine rings is 3. The molecule has 0 saturated heterocycles. The van der Waals surface area contributed by atoms with E-state index in [1.54, 1.807) is 48.4 Å². The van der Waals surface area contributed by atoms with E-state index in [9.17, 15) is 4.39 Å². The molecule has 4 aromatic heterocycles. The number of anilines is 2. The number of aryl methyl sites for hydroxylation is 1. The van der Waals surface area contributed by atoms with Crippen molar-refractivity contribution in [1.82, 2.24) is 24.7 Å². The molecular weight excluding hydrogens is 347 g/mol. The van der Waals surface area contributed by atoms with Gasteiger partial charge < -0.3 is 10.4 Å². The Balaban J connectivity index is 1.69. The maximum Gasteiger partial charge on any atom is 0.151 e. The summed E-state index contributed by atoms with van der Waals surface area (Å²) < 4.78 is 15.8. The van der Waals surface area contributed by atoms with Gasteiger partial charge in [-0.1, -0.05) is 0 Å².